The summed E-state index contributed by atoms with van der Waals surface area (Å²) in [5.74, 6) is 0.639. The molecule has 2 fully saturated rings. The van der Waals surface area contributed by atoms with Gasteiger partial charge in [0.05, 0.1) is 19.3 Å². The number of hydrogen-bond acceptors (Lipinski definition) is 3. The molecule has 17 heavy (non-hydrogen) atoms. The van der Waals surface area contributed by atoms with Crippen molar-refractivity contribution >= 4 is 0 Å². The molecule has 2 aliphatic rings. The molecule has 3 unspecified atom stereocenters. The van der Waals surface area contributed by atoms with Crippen LogP contribution in [0.15, 0.2) is 0 Å². The first-order chi connectivity index (χ1) is 8.40. The Hall–Kier alpha value is -0.120. The van der Waals surface area contributed by atoms with E-state index in [0.717, 1.165) is 26.4 Å². The molecule has 0 aromatic rings. The van der Waals surface area contributed by atoms with E-state index in [2.05, 4.69) is 12.2 Å². The zero-order valence-corrected chi connectivity index (χ0v) is 11.1. The van der Waals surface area contributed by atoms with Crippen LogP contribution in [-0.2, 0) is 9.47 Å². The van der Waals surface area contributed by atoms with E-state index in [1.807, 2.05) is 0 Å². The van der Waals surface area contributed by atoms with Crippen LogP contribution in [0.25, 0.3) is 0 Å². The van der Waals surface area contributed by atoms with Crippen LogP contribution in [-0.4, -0.2) is 38.5 Å². The lowest BCUT2D eigenvalue weighted by atomic mass is 10.1. The minimum Gasteiger partial charge on any atom is -0.381 e. The van der Waals surface area contributed by atoms with Crippen molar-refractivity contribution in [3.63, 3.8) is 0 Å². The predicted octanol–water partition coefficient (Wildman–Crippen LogP) is 2.35. The van der Waals surface area contributed by atoms with E-state index in [1.54, 1.807) is 0 Å². The van der Waals surface area contributed by atoms with E-state index >= 15 is 0 Å². The Bertz CT molecular complexity index is 204. The Kier molecular flexibility index (Phi) is 5.75. The molecule has 3 atom stereocenters. The lowest BCUT2D eigenvalue weighted by Gasteiger charge is -2.27. The van der Waals surface area contributed by atoms with Crippen molar-refractivity contribution in [1.82, 2.24) is 5.32 Å². The van der Waals surface area contributed by atoms with E-state index in [9.17, 15) is 0 Å². The van der Waals surface area contributed by atoms with Crippen LogP contribution in [0.5, 0.6) is 0 Å². The summed E-state index contributed by atoms with van der Waals surface area (Å²) in [5, 5.41) is 3.59. The molecular weight excluding hydrogens is 214 g/mol. The highest BCUT2D eigenvalue weighted by Gasteiger charge is 2.25. The van der Waals surface area contributed by atoms with E-state index in [4.69, 9.17) is 9.47 Å². The third-order valence-electron chi connectivity index (χ3n) is 3.99. The van der Waals surface area contributed by atoms with Crippen molar-refractivity contribution in [3.8, 4) is 0 Å². The van der Waals surface area contributed by atoms with Crippen LogP contribution >= 0.6 is 0 Å². The van der Waals surface area contributed by atoms with Gasteiger partial charge >= 0.3 is 0 Å². The lowest BCUT2D eigenvalue weighted by Crippen LogP contribution is -2.41. The molecule has 0 radical (unpaired) electrons. The third-order valence-corrected chi connectivity index (χ3v) is 3.99. The summed E-state index contributed by atoms with van der Waals surface area (Å²) in [6.07, 6.45) is 8.16. The topological polar surface area (TPSA) is 30.5 Å². The highest BCUT2D eigenvalue weighted by molar-refractivity contribution is 4.80. The summed E-state index contributed by atoms with van der Waals surface area (Å²) in [5.41, 5.74) is 0. The molecule has 1 aliphatic carbocycles. The van der Waals surface area contributed by atoms with Crippen molar-refractivity contribution < 1.29 is 9.47 Å². The van der Waals surface area contributed by atoms with Gasteiger partial charge in [-0.1, -0.05) is 26.2 Å². The molecule has 0 amide bonds. The molecule has 3 nitrogen and oxygen atoms in total. The lowest BCUT2D eigenvalue weighted by molar-refractivity contribution is 0.000942. The van der Waals surface area contributed by atoms with Crippen LogP contribution in [0.4, 0.5) is 0 Å². The maximum atomic E-state index is 6.17. The molecule has 1 saturated heterocycles. The summed E-state index contributed by atoms with van der Waals surface area (Å²) in [7, 11) is 0. The molecule has 1 aliphatic heterocycles. The van der Waals surface area contributed by atoms with Crippen molar-refractivity contribution in [2.24, 2.45) is 5.92 Å². The van der Waals surface area contributed by atoms with Gasteiger partial charge in [-0.25, -0.2) is 0 Å². The number of likely N-dealkylation sites (N-methyl/N-ethyl adjacent to an activating group) is 1. The number of ether oxygens (including phenoxy) is 2. The maximum Gasteiger partial charge on any atom is 0.0728 e. The van der Waals surface area contributed by atoms with Gasteiger partial charge in [-0.15, -0.1) is 0 Å². The van der Waals surface area contributed by atoms with Crippen LogP contribution in [0.1, 0.15) is 45.4 Å². The summed E-state index contributed by atoms with van der Waals surface area (Å²) >= 11 is 0. The second-order valence-corrected chi connectivity index (χ2v) is 5.40. The van der Waals surface area contributed by atoms with Gasteiger partial charge in [-0.3, -0.25) is 0 Å². The molecule has 2 rings (SSSR count). The van der Waals surface area contributed by atoms with Crippen LogP contribution < -0.4 is 5.32 Å². The molecule has 1 heterocycles. The minimum absolute atomic E-state index is 0.429. The van der Waals surface area contributed by atoms with Crippen molar-refractivity contribution in [3.05, 3.63) is 0 Å². The van der Waals surface area contributed by atoms with Gasteiger partial charge in [0.2, 0.25) is 0 Å². The first kappa shape index (κ1) is 13.3. The van der Waals surface area contributed by atoms with Crippen molar-refractivity contribution in [2.75, 3.05) is 26.4 Å². The molecule has 0 bridgehead atoms. The fraction of sp³-hybridized carbons (Fsp3) is 1.00. The molecule has 1 saturated carbocycles. The fourth-order valence-corrected chi connectivity index (χ4v) is 2.94. The fourth-order valence-electron chi connectivity index (χ4n) is 2.94. The standard InChI is InChI=1S/C14H27NO2/c1-2-15-13-6-4-3-5-7-14(13)17-11-12-8-9-16-10-12/h12-15H,2-11H2,1H3. The van der Waals surface area contributed by atoms with Gasteiger partial charge in [0.1, 0.15) is 0 Å². The largest absolute Gasteiger partial charge is 0.381 e. The van der Waals surface area contributed by atoms with Crippen LogP contribution in [0.2, 0.25) is 0 Å². The number of hydrogen-bond donors (Lipinski definition) is 1. The summed E-state index contributed by atoms with van der Waals surface area (Å²) in [4.78, 5) is 0. The van der Waals surface area contributed by atoms with Gasteiger partial charge in [0.15, 0.2) is 0 Å². The zero-order chi connectivity index (χ0) is 11.9. The Morgan fingerprint density at radius 2 is 2.06 bits per heavy atom. The Labute approximate surface area is 105 Å². The highest BCUT2D eigenvalue weighted by Crippen LogP contribution is 2.22. The molecular formula is C14H27NO2. The smallest absolute Gasteiger partial charge is 0.0728 e. The Balaban J connectivity index is 1.77. The number of nitrogens with one attached hydrogen (secondary N) is 1. The number of rotatable bonds is 5. The SMILES string of the molecule is CCNC1CCCCCC1OCC1CCOC1. The average molecular weight is 241 g/mol. The van der Waals surface area contributed by atoms with E-state index in [0.29, 0.717) is 18.1 Å². The van der Waals surface area contributed by atoms with Gasteiger partial charge in [0.25, 0.3) is 0 Å². The van der Waals surface area contributed by atoms with E-state index < -0.39 is 0 Å². The van der Waals surface area contributed by atoms with Crippen LogP contribution in [0, 0.1) is 5.92 Å². The normalized spacial score (nSPS) is 34.8. The second kappa shape index (κ2) is 7.34. The second-order valence-electron chi connectivity index (χ2n) is 5.40. The highest BCUT2D eigenvalue weighted by atomic mass is 16.5. The third kappa shape index (κ3) is 4.23. The maximum absolute atomic E-state index is 6.17. The monoisotopic (exact) mass is 241 g/mol. The van der Waals surface area contributed by atoms with E-state index in [-0.39, 0.29) is 0 Å². The average Bonchev–Trinajstić information content (AvgIpc) is 2.76. The minimum atomic E-state index is 0.429. The molecule has 0 aromatic heterocycles. The van der Waals surface area contributed by atoms with Gasteiger partial charge in [-0.2, -0.15) is 0 Å². The Morgan fingerprint density at radius 3 is 2.82 bits per heavy atom. The first-order valence-corrected chi connectivity index (χ1v) is 7.33. The van der Waals surface area contributed by atoms with Gasteiger partial charge in [0, 0.05) is 18.6 Å². The summed E-state index contributed by atoms with van der Waals surface area (Å²) in [6, 6.07) is 0.574. The molecule has 3 heteroatoms. The van der Waals surface area contributed by atoms with E-state index in [1.165, 1.54) is 38.5 Å². The van der Waals surface area contributed by atoms with Crippen molar-refractivity contribution in [1.29, 1.82) is 0 Å². The van der Waals surface area contributed by atoms with Gasteiger partial charge < -0.3 is 14.8 Å². The quantitative estimate of drug-likeness (QED) is 0.750. The summed E-state index contributed by atoms with van der Waals surface area (Å²) in [6.45, 7) is 5.96. The molecule has 0 aromatic carbocycles. The predicted molar refractivity (Wildman–Crippen MR) is 69.2 cm³/mol. The first-order valence-electron chi connectivity index (χ1n) is 7.33. The van der Waals surface area contributed by atoms with Gasteiger partial charge in [-0.05, 0) is 25.8 Å². The Morgan fingerprint density at radius 1 is 1.18 bits per heavy atom. The zero-order valence-electron chi connectivity index (χ0n) is 11.1. The van der Waals surface area contributed by atoms with Crippen LogP contribution in [0.3, 0.4) is 0 Å². The molecule has 1 N–H and O–H groups in total. The molecule has 0 spiro atoms. The van der Waals surface area contributed by atoms with Crippen molar-refractivity contribution in [2.45, 2.75) is 57.6 Å². The summed E-state index contributed by atoms with van der Waals surface area (Å²) < 4.78 is 11.6. The molecule has 100 valence electrons.